The molecule has 2 spiro atoms. The highest BCUT2D eigenvalue weighted by atomic mass is 16.5. The van der Waals surface area contributed by atoms with Crippen molar-refractivity contribution in [2.45, 2.75) is 75.4 Å². The SMILES string of the molecule is Cc1[nH]nc2ccc(C3=CCC4C3(C)CC=C3C=C5C(O)C(O)C(N(C)C)CC56CCC34O6)cc12. The standard InChI is InChI=1S/C29H35N3O3/c1-16-19-13-17(5-7-22(19)31-30-16)20-6-8-24-27(20,2)10-9-18-14-21-25(33)26(34)23(32(3)4)15-28(21)11-12-29(18,24)35-28/h5-7,9,13-14,23-26,33-34H,8,10-12,15H2,1-4H3,(H,30,31). The van der Waals surface area contributed by atoms with Crippen LogP contribution in [0, 0.1) is 18.3 Å². The second kappa shape index (κ2) is 6.94. The predicted molar refractivity (Wildman–Crippen MR) is 136 cm³/mol. The highest BCUT2D eigenvalue weighted by Gasteiger charge is 2.67. The van der Waals surface area contributed by atoms with Gasteiger partial charge in [-0.2, -0.15) is 5.10 Å². The topological polar surface area (TPSA) is 81.6 Å². The number of aromatic nitrogens is 2. The van der Waals surface area contributed by atoms with Crippen LogP contribution < -0.4 is 0 Å². The van der Waals surface area contributed by atoms with Crippen molar-refractivity contribution in [2.75, 3.05) is 14.1 Å². The lowest BCUT2D eigenvalue weighted by atomic mass is 9.58. The molecule has 0 amide bonds. The Morgan fingerprint density at radius 1 is 1.17 bits per heavy atom. The molecule has 0 radical (unpaired) electrons. The first kappa shape index (κ1) is 22.0. The quantitative estimate of drug-likeness (QED) is 0.617. The summed E-state index contributed by atoms with van der Waals surface area (Å²) in [6.45, 7) is 4.50. The zero-order valence-electron chi connectivity index (χ0n) is 21.0. The molecule has 2 aromatic rings. The molecule has 1 saturated carbocycles. The lowest BCUT2D eigenvalue weighted by molar-refractivity contribution is -0.161. The van der Waals surface area contributed by atoms with Crippen molar-refractivity contribution in [1.82, 2.24) is 15.1 Å². The average Bonchev–Trinajstić information content (AvgIpc) is 3.48. The highest BCUT2D eigenvalue weighted by Crippen LogP contribution is 2.67. The largest absolute Gasteiger partial charge is 0.388 e. The summed E-state index contributed by atoms with van der Waals surface area (Å²) in [7, 11) is 3.96. The van der Waals surface area contributed by atoms with E-state index in [0.29, 0.717) is 5.92 Å². The number of nitrogens with one attached hydrogen (secondary N) is 1. The molecule has 35 heavy (non-hydrogen) atoms. The van der Waals surface area contributed by atoms with E-state index in [-0.39, 0.29) is 17.1 Å². The van der Waals surface area contributed by atoms with E-state index < -0.39 is 17.8 Å². The summed E-state index contributed by atoms with van der Waals surface area (Å²) in [4.78, 5) is 2.04. The van der Waals surface area contributed by atoms with Gasteiger partial charge in [-0.3, -0.25) is 5.10 Å². The lowest BCUT2D eigenvalue weighted by Crippen LogP contribution is -2.61. The molecule has 2 aliphatic heterocycles. The summed E-state index contributed by atoms with van der Waals surface area (Å²) in [5.41, 5.74) is 6.08. The summed E-state index contributed by atoms with van der Waals surface area (Å²) in [5.74, 6) is 0.352. The summed E-state index contributed by atoms with van der Waals surface area (Å²) in [6, 6.07) is 6.51. The van der Waals surface area contributed by atoms with Crippen LogP contribution in [0.4, 0.5) is 0 Å². The molecule has 3 N–H and O–H groups in total. The second-order valence-electron chi connectivity index (χ2n) is 12.0. The first-order chi connectivity index (χ1) is 16.7. The fourth-order valence-corrected chi connectivity index (χ4v) is 8.25. The zero-order valence-corrected chi connectivity index (χ0v) is 21.0. The predicted octanol–water partition coefficient (Wildman–Crippen LogP) is 3.89. The molecule has 1 aromatic heterocycles. The van der Waals surface area contributed by atoms with Crippen molar-refractivity contribution in [1.29, 1.82) is 0 Å². The Morgan fingerprint density at radius 3 is 2.80 bits per heavy atom. The number of hydrogen-bond donors (Lipinski definition) is 3. The summed E-state index contributed by atoms with van der Waals surface area (Å²) < 4.78 is 7.24. The van der Waals surface area contributed by atoms with Crippen LogP contribution in [0.15, 0.2) is 47.6 Å². The van der Waals surface area contributed by atoms with Crippen LogP contribution in [0.5, 0.6) is 0 Å². The molecule has 1 aromatic carbocycles. The number of aliphatic hydroxyl groups is 2. The molecular weight excluding hydrogens is 438 g/mol. The van der Waals surface area contributed by atoms with Crippen molar-refractivity contribution < 1.29 is 14.9 Å². The third-order valence-electron chi connectivity index (χ3n) is 10.1. The van der Waals surface area contributed by atoms with E-state index in [9.17, 15) is 10.2 Å². The number of ether oxygens (including phenoxy) is 1. The van der Waals surface area contributed by atoms with Gasteiger partial charge in [0.15, 0.2) is 0 Å². The maximum Gasteiger partial charge on any atom is 0.105 e. The number of aromatic amines is 1. The minimum absolute atomic E-state index is 0.0144. The van der Waals surface area contributed by atoms with Gasteiger partial charge in [0.1, 0.15) is 6.10 Å². The Balaban J connectivity index is 1.30. The maximum atomic E-state index is 11.1. The zero-order chi connectivity index (χ0) is 24.3. The van der Waals surface area contributed by atoms with E-state index in [4.69, 9.17) is 4.74 Å². The molecule has 2 bridgehead atoms. The minimum Gasteiger partial charge on any atom is -0.388 e. The summed E-state index contributed by atoms with van der Waals surface area (Å²) in [6.07, 6.45) is 9.84. The fourth-order valence-electron chi connectivity index (χ4n) is 8.25. The van der Waals surface area contributed by atoms with Crippen molar-refractivity contribution >= 4 is 16.5 Å². The monoisotopic (exact) mass is 473 g/mol. The van der Waals surface area contributed by atoms with Crippen molar-refractivity contribution in [3.8, 4) is 0 Å². The minimum atomic E-state index is -0.886. The van der Waals surface area contributed by atoms with Gasteiger partial charge in [0.25, 0.3) is 0 Å². The van der Waals surface area contributed by atoms with Crippen LogP contribution in [-0.4, -0.2) is 68.9 Å². The van der Waals surface area contributed by atoms with Gasteiger partial charge in [-0.15, -0.1) is 0 Å². The maximum absolute atomic E-state index is 11.1. The molecule has 3 heterocycles. The van der Waals surface area contributed by atoms with Gasteiger partial charge >= 0.3 is 0 Å². The van der Waals surface area contributed by atoms with Crippen molar-refractivity contribution in [2.24, 2.45) is 11.3 Å². The van der Waals surface area contributed by atoms with Crippen LogP contribution in [0.2, 0.25) is 0 Å². The molecule has 1 saturated heterocycles. The first-order valence-corrected chi connectivity index (χ1v) is 13.0. The molecule has 7 unspecified atom stereocenters. The summed E-state index contributed by atoms with van der Waals surface area (Å²) in [5, 5.41) is 30.7. The molecule has 2 fully saturated rings. The van der Waals surface area contributed by atoms with Gasteiger partial charge in [-0.05, 0) is 87.5 Å². The third kappa shape index (κ3) is 2.66. The number of fused-ring (bicyclic) bond motifs is 2. The Bertz CT molecular complexity index is 1340. The Labute approximate surface area is 206 Å². The van der Waals surface area contributed by atoms with Crippen LogP contribution in [0.25, 0.3) is 16.5 Å². The molecule has 7 atom stereocenters. The van der Waals surface area contributed by atoms with Gasteiger partial charge in [-0.1, -0.05) is 31.2 Å². The molecule has 184 valence electrons. The normalized spacial score (nSPS) is 41.9. The Kier molecular flexibility index (Phi) is 4.36. The van der Waals surface area contributed by atoms with Gasteiger partial charge in [0, 0.05) is 28.5 Å². The van der Waals surface area contributed by atoms with Gasteiger partial charge in [-0.25, -0.2) is 0 Å². The van der Waals surface area contributed by atoms with E-state index in [1.807, 2.05) is 19.0 Å². The van der Waals surface area contributed by atoms with E-state index in [0.717, 1.165) is 48.9 Å². The number of H-pyrrole nitrogens is 1. The number of nitrogens with zero attached hydrogens (tertiary/aromatic N) is 2. The number of allylic oxidation sites excluding steroid dienone is 3. The number of benzene rings is 1. The van der Waals surface area contributed by atoms with Gasteiger partial charge < -0.3 is 19.8 Å². The van der Waals surface area contributed by atoms with Crippen LogP contribution in [0.1, 0.15) is 50.3 Å². The van der Waals surface area contributed by atoms with E-state index in [2.05, 4.69) is 60.5 Å². The van der Waals surface area contributed by atoms with Crippen molar-refractivity contribution in [3.63, 3.8) is 0 Å². The molecule has 6 heteroatoms. The van der Waals surface area contributed by atoms with Gasteiger partial charge in [0.2, 0.25) is 0 Å². The average molecular weight is 474 g/mol. The Hall–Kier alpha value is -2.25. The fraction of sp³-hybridized carbons (Fsp3) is 0.552. The third-order valence-corrected chi connectivity index (χ3v) is 10.1. The smallest absolute Gasteiger partial charge is 0.105 e. The van der Waals surface area contributed by atoms with Crippen molar-refractivity contribution in [3.05, 3.63) is 58.8 Å². The lowest BCUT2D eigenvalue weighted by Gasteiger charge is -2.55. The van der Waals surface area contributed by atoms with Crippen LogP contribution >= 0.6 is 0 Å². The molecule has 7 rings (SSSR count). The number of hydrogen-bond acceptors (Lipinski definition) is 5. The van der Waals surface area contributed by atoms with Crippen LogP contribution in [0.3, 0.4) is 0 Å². The van der Waals surface area contributed by atoms with E-state index in [1.165, 1.54) is 22.1 Å². The molecule has 6 nitrogen and oxygen atoms in total. The van der Waals surface area contributed by atoms with E-state index >= 15 is 0 Å². The number of likely N-dealkylation sites (N-methyl/N-ethyl adjacent to an activating group) is 1. The molecule has 5 aliphatic rings. The number of aliphatic hydroxyl groups excluding tert-OH is 2. The van der Waals surface area contributed by atoms with Gasteiger partial charge in [0.05, 0.1) is 22.8 Å². The first-order valence-electron chi connectivity index (χ1n) is 13.0. The van der Waals surface area contributed by atoms with Crippen LogP contribution in [-0.2, 0) is 4.74 Å². The summed E-state index contributed by atoms with van der Waals surface area (Å²) >= 11 is 0. The molecule has 3 aliphatic carbocycles. The number of rotatable bonds is 2. The highest BCUT2D eigenvalue weighted by molar-refractivity contribution is 5.87. The Morgan fingerprint density at radius 2 is 2.00 bits per heavy atom. The molecular formula is C29H35N3O3. The second-order valence-corrected chi connectivity index (χ2v) is 12.0. The van der Waals surface area contributed by atoms with E-state index in [1.54, 1.807) is 0 Å². The number of aryl methyl sites for hydroxylation is 1.